The largest absolute Gasteiger partial charge is 0.469 e. The van der Waals surface area contributed by atoms with Crippen molar-refractivity contribution in [2.24, 2.45) is 11.8 Å². The van der Waals surface area contributed by atoms with Gasteiger partial charge in [-0.15, -0.1) is 0 Å². The number of alkyl halides is 3. The summed E-state index contributed by atoms with van der Waals surface area (Å²) in [5.74, 6) is -1.52. The lowest BCUT2D eigenvalue weighted by Gasteiger charge is -2.31. The molecule has 0 N–H and O–H groups in total. The van der Waals surface area contributed by atoms with E-state index in [1.165, 1.54) is 19.2 Å². The van der Waals surface area contributed by atoms with E-state index in [0.29, 0.717) is 6.42 Å². The molecule has 29 heavy (non-hydrogen) atoms. The van der Waals surface area contributed by atoms with Gasteiger partial charge in [0.1, 0.15) is 5.60 Å². The average Bonchev–Trinajstić information content (AvgIpc) is 3.42. The van der Waals surface area contributed by atoms with Crippen LogP contribution < -0.4 is 0 Å². The lowest BCUT2D eigenvalue weighted by Crippen LogP contribution is -2.45. The van der Waals surface area contributed by atoms with Crippen LogP contribution in [-0.4, -0.2) is 47.7 Å². The van der Waals surface area contributed by atoms with Crippen LogP contribution in [0.15, 0.2) is 24.3 Å². The molecule has 0 unspecified atom stereocenters. The lowest BCUT2D eigenvalue weighted by molar-refractivity contribution is -0.152. The Hall–Kier alpha value is -2.09. The molecular weight excluding hydrogens is 387 g/mol. The Labute approximate surface area is 166 Å². The Kier molecular flexibility index (Phi) is 4.04. The van der Waals surface area contributed by atoms with Crippen molar-refractivity contribution < 1.29 is 32.2 Å². The van der Waals surface area contributed by atoms with Crippen LogP contribution in [0.3, 0.4) is 0 Å². The van der Waals surface area contributed by atoms with Crippen molar-refractivity contribution in [2.45, 2.75) is 62.1 Å². The van der Waals surface area contributed by atoms with Gasteiger partial charge in [0.2, 0.25) is 5.91 Å². The van der Waals surface area contributed by atoms with Crippen molar-refractivity contribution >= 4 is 11.9 Å². The normalized spacial score (nSPS) is 37.7. The molecule has 4 aliphatic heterocycles. The molecule has 1 amide bonds. The summed E-state index contributed by atoms with van der Waals surface area (Å²) >= 11 is 0. The number of fused-ring (bicyclic) bond motifs is 2. The highest BCUT2D eigenvalue weighted by atomic mass is 19.4. The number of nitrogens with zero attached hydrogens (tertiary/aromatic N) is 1. The van der Waals surface area contributed by atoms with E-state index in [9.17, 15) is 22.8 Å². The Balaban J connectivity index is 1.39. The molecule has 1 spiro atoms. The number of carbonyl (C=O) groups excluding carboxylic acids is 2. The number of carbonyl (C=O) groups is 2. The first-order chi connectivity index (χ1) is 13.8. The maximum atomic E-state index is 13.4. The van der Waals surface area contributed by atoms with Gasteiger partial charge in [0.15, 0.2) is 0 Å². The number of amides is 1. The number of methoxy groups -OCH3 is 1. The fraction of sp³-hybridized carbons (Fsp3) is 0.619. The van der Waals surface area contributed by atoms with Crippen molar-refractivity contribution in [1.82, 2.24) is 4.90 Å². The maximum Gasteiger partial charge on any atom is 0.416 e. The third-order valence-electron chi connectivity index (χ3n) is 7.29. The Morgan fingerprint density at radius 1 is 1.24 bits per heavy atom. The minimum absolute atomic E-state index is 0.0676. The molecule has 156 valence electrons. The molecule has 0 aromatic heterocycles. The monoisotopic (exact) mass is 409 g/mol. The zero-order valence-electron chi connectivity index (χ0n) is 15.9. The van der Waals surface area contributed by atoms with Crippen LogP contribution in [0.25, 0.3) is 0 Å². The van der Waals surface area contributed by atoms with Gasteiger partial charge < -0.3 is 14.4 Å². The van der Waals surface area contributed by atoms with E-state index in [1.807, 2.05) is 4.90 Å². The summed E-state index contributed by atoms with van der Waals surface area (Å²) in [5.41, 5.74) is -0.529. The summed E-state index contributed by atoms with van der Waals surface area (Å²) in [6.45, 7) is 0. The van der Waals surface area contributed by atoms with Crippen LogP contribution in [0.4, 0.5) is 13.2 Å². The first-order valence-electron chi connectivity index (χ1n) is 10.0. The van der Waals surface area contributed by atoms with E-state index in [0.717, 1.165) is 43.4 Å². The predicted molar refractivity (Wildman–Crippen MR) is 94.6 cm³/mol. The molecule has 5 nitrogen and oxygen atoms in total. The molecule has 8 heteroatoms. The van der Waals surface area contributed by atoms with E-state index < -0.39 is 35.1 Å². The molecule has 0 saturated carbocycles. The molecule has 4 fully saturated rings. The second kappa shape index (κ2) is 6.20. The average molecular weight is 409 g/mol. The standard InChI is InChI=1S/C21H22F3NO4/c1-28-19(27)16-14-8-9-20(29-14)15-7-6-13(25(15)18(26)17(16)20)10-11-2-4-12(5-3-11)21(22,23)24/h2-5,13-17H,6-10H2,1H3/t13-,14-,15+,16-,17+,20-/m0/s1. The molecule has 1 aromatic carbocycles. The molecule has 1 aromatic rings. The Morgan fingerprint density at radius 2 is 1.97 bits per heavy atom. The van der Waals surface area contributed by atoms with E-state index >= 15 is 0 Å². The van der Waals surface area contributed by atoms with Crippen molar-refractivity contribution in [2.75, 3.05) is 7.11 Å². The van der Waals surface area contributed by atoms with E-state index in [2.05, 4.69) is 0 Å². The van der Waals surface area contributed by atoms with Crippen molar-refractivity contribution in [3.05, 3.63) is 35.4 Å². The number of rotatable bonds is 3. The van der Waals surface area contributed by atoms with Crippen LogP contribution >= 0.6 is 0 Å². The lowest BCUT2D eigenvalue weighted by atomic mass is 9.70. The summed E-state index contributed by atoms with van der Waals surface area (Å²) in [4.78, 5) is 27.5. The second-order valence-corrected chi connectivity index (χ2v) is 8.57. The molecule has 2 bridgehead atoms. The minimum atomic E-state index is -4.36. The van der Waals surface area contributed by atoms with E-state index in [1.54, 1.807) is 0 Å². The molecule has 0 radical (unpaired) electrons. The molecule has 5 rings (SSSR count). The van der Waals surface area contributed by atoms with Crippen molar-refractivity contribution in [1.29, 1.82) is 0 Å². The van der Waals surface area contributed by atoms with Crippen LogP contribution in [0.1, 0.15) is 36.8 Å². The van der Waals surface area contributed by atoms with Crippen LogP contribution in [0, 0.1) is 11.8 Å². The van der Waals surface area contributed by atoms with Gasteiger partial charge in [0.05, 0.1) is 36.7 Å². The Morgan fingerprint density at radius 3 is 2.62 bits per heavy atom. The smallest absolute Gasteiger partial charge is 0.416 e. The van der Waals surface area contributed by atoms with Gasteiger partial charge in [-0.2, -0.15) is 13.2 Å². The van der Waals surface area contributed by atoms with Gasteiger partial charge in [-0.3, -0.25) is 9.59 Å². The Bertz CT molecular complexity index is 854. The molecule has 4 saturated heterocycles. The van der Waals surface area contributed by atoms with Crippen LogP contribution in [0.2, 0.25) is 0 Å². The fourth-order valence-electron chi connectivity index (χ4n) is 6.17. The third-order valence-corrected chi connectivity index (χ3v) is 7.29. The first kappa shape index (κ1) is 18.9. The molecule has 4 heterocycles. The highest BCUT2D eigenvalue weighted by Gasteiger charge is 2.74. The van der Waals surface area contributed by atoms with Crippen molar-refractivity contribution in [3.8, 4) is 0 Å². The number of ether oxygens (including phenoxy) is 2. The number of benzene rings is 1. The topological polar surface area (TPSA) is 55.8 Å². The van der Waals surface area contributed by atoms with E-state index in [4.69, 9.17) is 9.47 Å². The zero-order chi connectivity index (χ0) is 20.6. The van der Waals surface area contributed by atoms with Crippen molar-refractivity contribution in [3.63, 3.8) is 0 Å². The predicted octanol–water partition coefficient (Wildman–Crippen LogP) is 2.96. The number of esters is 1. The number of hydrogen-bond donors (Lipinski definition) is 0. The fourth-order valence-corrected chi connectivity index (χ4v) is 6.17. The molecule has 4 aliphatic rings. The van der Waals surface area contributed by atoms with Gasteiger partial charge >= 0.3 is 12.1 Å². The summed E-state index contributed by atoms with van der Waals surface area (Å²) in [6.07, 6.45) is -1.05. The summed E-state index contributed by atoms with van der Waals surface area (Å²) in [5, 5.41) is 0. The summed E-state index contributed by atoms with van der Waals surface area (Å²) < 4.78 is 49.6. The van der Waals surface area contributed by atoms with Gasteiger partial charge in [-0.25, -0.2) is 0 Å². The van der Waals surface area contributed by atoms with Gasteiger partial charge in [0, 0.05) is 6.04 Å². The van der Waals surface area contributed by atoms with Gasteiger partial charge in [0.25, 0.3) is 0 Å². The number of halogens is 3. The zero-order valence-corrected chi connectivity index (χ0v) is 15.9. The van der Waals surface area contributed by atoms with Gasteiger partial charge in [-0.1, -0.05) is 12.1 Å². The SMILES string of the molecule is COC(=O)[C@H]1[C@@H]2CC[C@@]3(O2)[C@H]1C(=O)N1[C@H](Cc2ccc(C(F)(F)F)cc2)CC[C@@H]13. The van der Waals surface area contributed by atoms with Crippen LogP contribution in [-0.2, 0) is 31.7 Å². The van der Waals surface area contributed by atoms with Crippen LogP contribution in [0.5, 0.6) is 0 Å². The molecular formula is C21H22F3NO4. The molecule has 0 aliphatic carbocycles. The summed E-state index contributed by atoms with van der Waals surface area (Å²) in [7, 11) is 1.33. The maximum absolute atomic E-state index is 13.4. The van der Waals surface area contributed by atoms with Gasteiger partial charge in [-0.05, 0) is 49.8 Å². The highest BCUT2D eigenvalue weighted by molar-refractivity contribution is 5.91. The van der Waals surface area contributed by atoms with E-state index in [-0.39, 0.29) is 24.1 Å². The minimum Gasteiger partial charge on any atom is -0.469 e. The quantitative estimate of drug-likeness (QED) is 0.721. The second-order valence-electron chi connectivity index (χ2n) is 8.57. The molecule has 6 atom stereocenters. The highest BCUT2D eigenvalue weighted by Crippen LogP contribution is 2.61. The third kappa shape index (κ3) is 2.57. The first-order valence-corrected chi connectivity index (χ1v) is 10.0. The number of hydrogen-bond acceptors (Lipinski definition) is 4. The summed E-state index contributed by atoms with van der Waals surface area (Å²) in [6, 6.07) is 4.96.